The number of halogens is 2. The Labute approximate surface area is 66.0 Å². The molecule has 0 saturated heterocycles. The van der Waals surface area contributed by atoms with Crippen molar-refractivity contribution in [2.45, 2.75) is 6.16 Å². The molecule has 0 aliphatic heterocycles. The van der Waals surface area contributed by atoms with Gasteiger partial charge in [-0.15, -0.1) is 0 Å². The monoisotopic (exact) mass is 176 g/mol. The lowest BCUT2D eigenvalue weighted by molar-refractivity contribution is 0.627. The standard InChI is InChI=1S/C7H7ClFP/c8-10-5-6-1-3-7(9)4-2-6/h1-4,10H,5H2. The van der Waals surface area contributed by atoms with Crippen LogP contribution in [0.5, 0.6) is 0 Å². The van der Waals surface area contributed by atoms with Crippen molar-refractivity contribution in [1.82, 2.24) is 0 Å². The quantitative estimate of drug-likeness (QED) is 0.608. The van der Waals surface area contributed by atoms with Crippen LogP contribution in [-0.2, 0) is 6.16 Å². The van der Waals surface area contributed by atoms with Gasteiger partial charge in [0.1, 0.15) is 5.82 Å². The van der Waals surface area contributed by atoms with E-state index < -0.39 is 0 Å². The van der Waals surface area contributed by atoms with E-state index >= 15 is 0 Å². The minimum absolute atomic E-state index is 0.193. The molecule has 0 aliphatic rings. The maximum absolute atomic E-state index is 12.3. The molecule has 10 heavy (non-hydrogen) atoms. The van der Waals surface area contributed by atoms with Gasteiger partial charge in [0.2, 0.25) is 0 Å². The smallest absolute Gasteiger partial charge is 0.123 e. The summed E-state index contributed by atoms with van der Waals surface area (Å²) in [6.45, 7) is 0. The van der Waals surface area contributed by atoms with Crippen LogP contribution in [0.15, 0.2) is 24.3 Å². The van der Waals surface area contributed by atoms with Gasteiger partial charge >= 0.3 is 0 Å². The molecule has 54 valence electrons. The van der Waals surface area contributed by atoms with E-state index in [1.807, 2.05) is 0 Å². The van der Waals surface area contributed by atoms with Gasteiger partial charge in [0, 0.05) is 6.16 Å². The van der Waals surface area contributed by atoms with E-state index in [1.54, 1.807) is 12.1 Å². The van der Waals surface area contributed by atoms with Gasteiger partial charge in [-0.1, -0.05) is 23.4 Å². The van der Waals surface area contributed by atoms with Crippen molar-refractivity contribution in [1.29, 1.82) is 0 Å². The van der Waals surface area contributed by atoms with Gasteiger partial charge in [0.05, 0.1) is 0 Å². The Kier molecular flexibility index (Phi) is 3.11. The molecule has 0 nitrogen and oxygen atoms in total. The molecule has 0 bridgehead atoms. The zero-order valence-corrected chi connectivity index (χ0v) is 7.03. The second-order valence-electron chi connectivity index (χ2n) is 1.94. The van der Waals surface area contributed by atoms with Gasteiger partial charge < -0.3 is 0 Å². The second kappa shape index (κ2) is 3.90. The van der Waals surface area contributed by atoms with Crippen molar-refractivity contribution in [2.24, 2.45) is 0 Å². The maximum atomic E-state index is 12.3. The molecule has 0 fully saturated rings. The highest BCUT2D eigenvalue weighted by atomic mass is 35.7. The lowest BCUT2D eigenvalue weighted by Crippen LogP contribution is -1.77. The summed E-state index contributed by atoms with van der Waals surface area (Å²) in [6.07, 6.45) is 0.835. The topological polar surface area (TPSA) is 0 Å². The van der Waals surface area contributed by atoms with Crippen molar-refractivity contribution in [3.8, 4) is 0 Å². The van der Waals surface area contributed by atoms with E-state index in [9.17, 15) is 4.39 Å². The summed E-state index contributed by atoms with van der Waals surface area (Å²) < 4.78 is 12.3. The Bertz CT molecular complexity index is 197. The molecular weight excluding hydrogens is 170 g/mol. The molecule has 0 N–H and O–H groups in total. The highest BCUT2D eigenvalue weighted by molar-refractivity contribution is 7.67. The van der Waals surface area contributed by atoms with Crippen LogP contribution < -0.4 is 0 Å². The fourth-order valence-electron chi connectivity index (χ4n) is 0.679. The molecule has 0 saturated carbocycles. The minimum Gasteiger partial charge on any atom is -0.207 e. The van der Waals surface area contributed by atoms with Crippen molar-refractivity contribution >= 4 is 19.2 Å². The first kappa shape index (κ1) is 7.97. The van der Waals surface area contributed by atoms with E-state index in [1.165, 1.54) is 12.1 Å². The molecule has 0 spiro atoms. The summed E-state index contributed by atoms with van der Waals surface area (Å²) in [4.78, 5) is 0. The molecular formula is C7H7ClFP. The Balaban J connectivity index is 2.69. The van der Waals surface area contributed by atoms with Crippen molar-refractivity contribution < 1.29 is 4.39 Å². The third kappa shape index (κ3) is 2.24. The fraction of sp³-hybridized carbons (Fsp3) is 0.143. The van der Waals surface area contributed by atoms with Crippen LogP contribution in [0.4, 0.5) is 4.39 Å². The molecule has 1 atom stereocenters. The number of hydrogen-bond donors (Lipinski definition) is 0. The molecule has 0 aliphatic carbocycles. The minimum atomic E-state index is -0.193. The molecule has 1 rings (SSSR count). The zero-order chi connectivity index (χ0) is 7.40. The van der Waals surface area contributed by atoms with Crippen LogP contribution in [0.2, 0.25) is 0 Å². The van der Waals surface area contributed by atoms with Crippen molar-refractivity contribution in [2.75, 3.05) is 0 Å². The Morgan fingerprint density at radius 3 is 2.40 bits per heavy atom. The van der Waals surface area contributed by atoms with Crippen LogP contribution >= 0.6 is 19.2 Å². The maximum Gasteiger partial charge on any atom is 0.123 e. The molecule has 1 aromatic carbocycles. The van der Waals surface area contributed by atoms with Crippen LogP contribution in [0, 0.1) is 5.82 Å². The van der Waals surface area contributed by atoms with E-state index in [0.717, 1.165) is 11.7 Å². The van der Waals surface area contributed by atoms with Gasteiger partial charge in [-0.3, -0.25) is 0 Å². The molecule has 0 radical (unpaired) electrons. The molecule has 1 aromatic rings. The Morgan fingerprint density at radius 2 is 1.90 bits per heavy atom. The normalized spacial score (nSPS) is 11.0. The predicted molar refractivity (Wildman–Crippen MR) is 44.3 cm³/mol. The average molecular weight is 177 g/mol. The van der Waals surface area contributed by atoms with Crippen LogP contribution in [0.1, 0.15) is 5.56 Å². The number of rotatable bonds is 2. The molecule has 1 unspecified atom stereocenters. The first-order valence-electron chi connectivity index (χ1n) is 2.91. The Hall–Kier alpha value is -0.130. The number of hydrogen-bond acceptors (Lipinski definition) is 0. The van der Waals surface area contributed by atoms with E-state index in [4.69, 9.17) is 11.2 Å². The van der Waals surface area contributed by atoms with Crippen molar-refractivity contribution in [3.05, 3.63) is 35.6 Å². The SMILES string of the molecule is Fc1ccc(CPCl)cc1. The van der Waals surface area contributed by atoms with Crippen LogP contribution in [-0.4, -0.2) is 0 Å². The zero-order valence-electron chi connectivity index (χ0n) is 5.27. The molecule has 0 aromatic heterocycles. The second-order valence-corrected chi connectivity index (χ2v) is 3.36. The fourth-order valence-corrected chi connectivity index (χ4v) is 1.53. The average Bonchev–Trinajstić information content (AvgIpc) is 1.95. The number of benzene rings is 1. The predicted octanol–water partition coefficient (Wildman–Crippen LogP) is 3.16. The van der Waals surface area contributed by atoms with E-state index in [0.29, 0.717) is 7.93 Å². The third-order valence-electron chi connectivity index (χ3n) is 1.18. The summed E-state index contributed by atoms with van der Waals surface area (Å²) >= 11 is 5.51. The van der Waals surface area contributed by atoms with E-state index in [2.05, 4.69) is 0 Å². The van der Waals surface area contributed by atoms with Gasteiger partial charge in [0.25, 0.3) is 0 Å². The van der Waals surface area contributed by atoms with Crippen molar-refractivity contribution in [3.63, 3.8) is 0 Å². The Morgan fingerprint density at radius 1 is 1.30 bits per heavy atom. The van der Waals surface area contributed by atoms with Crippen LogP contribution in [0.25, 0.3) is 0 Å². The highest BCUT2D eigenvalue weighted by Crippen LogP contribution is 2.22. The van der Waals surface area contributed by atoms with Gasteiger partial charge in [-0.2, -0.15) is 0 Å². The first-order valence-corrected chi connectivity index (χ1v) is 5.13. The van der Waals surface area contributed by atoms with Gasteiger partial charge in [0.15, 0.2) is 0 Å². The van der Waals surface area contributed by atoms with E-state index in [-0.39, 0.29) is 5.82 Å². The summed E-state index contributed by atoms with van der Waals surface area (Å²) in [5.41, 5.74) is 1.09. The summed E-state index contributed by atoms with van der Waals surface area (Å²) in [5, 5.41) is 0. The van der Waals surface area contributed by atoms with Crippen LogP contribution in [0.3, 0.4) is 0 Å². The largest absolute Gasteiger partial charge is 0.207 e. The lowest BCUT2D eigenvalue weighted by atomic mass is 10.2. The molecule has 0 amide bonds. The van der Waals surface area contributed by atoms with Gasteiger partial charge in [-0.05, 0) is 25.6 Å². The molecule has 0 heterocycles. The summed E-state index contributed by atoms with van der Waals surface area (Å²) in [5.74, 6) is -0.193. The first-order chi connectivity index (χ1) is 4.83. The molecule has 3 heteroatoms. The van der Waals surface area contributed by atoms with Gasteiger partial charge in [-0.25, -0.2) is 4.39 Å². The summed E-state index contributed by atoms with van der Waals surface area (Å²) in [6, 6.07) is 6.41. The summed E-state index contributed by atoms with van der Waals surface area (Å²) in [7, 11) is 0.382. The highest BCUT2D eigenvalue weighted by Gasteiger charge is 1.90. The third-order valence-corrected chi connectivity index (χ3v) is 2.13. The lowest BCUT2D eigenvalue weighted by Gasteiger charge is -1.94.